The summed E-state index contributed by atoms with van der Waals surface area (Å²) in [5.74, 6) is 0. The maximum absolute atomic E-state index is 3.66. The maximum atomic E-state index is 3.66. The van der Waals surface area contributed by atoms with Gasteiger partial charge in [-0.15, -0.1) is 11.4 Å². The summed E-state index contributed by atoms with van der Waals surface area (Å²) in [4.78, 5) is 0. The van der Waals surface area contributed by atoms with Crippen LogP contribution >= 0.6 is 0 Å². The third-order valence-electron chi connectivity index (χ3n) is 2.71. The monoisotopic (exact) mass is 530 g/mol. The Morgan fingerprint density at radius 1 is 0.679 bits per heavy atom. The number of allylic oxidation sites excluding steroid dienone is 2. The average molecular weight is 530 g/mol. The predicted molar refractivity (Wildman–Crippen MR) is 121 cm³/mol. The normalized spacial score (nSPS) is 7.64. The van der Waals surface area contributed by atoms with Crippen LogP contribution in [0.2, 0.25) is 0 Å². The molecule has 2 aromatic rings. The Morgan fingerprint density at radius 2 is 1.11 bits per heavy atom. The van der Waals surface area contributed by atoms with E-state index in [1.165, 1.54) is 11.1 Å². The van der Waals surface area contributed by atoms with Gasteiger partial charge in [-0.1, -0.05) is 57.5 Å². The maximum Gasteiger partial charge on any atom is 0.0360 e. The summed E-state index contributed by atoms with van der Waals surface area (Å²) in [6.45, 7) is 26.7. The van der Waals surface area contributed by atoms with E-state index in [-0.39, 0.29) is 65.4 Å². The smallest absolute Gasteiger partial charge is 0.0360 e. The Bertz CT molecular complexity index is 635. The fourth-order valence-electron chi connectivity index (χ4n) is 1.77. The molecule has 0 aliphatic carbocycles. The molecule has 0 aliphatic heterocycles. The Kier molecular flexibility index (Phi) is 28.4. The van der Waals surface area contributed by atoms with Gasteiger partial charge >= 0.3 is 0 Å². The van der Waals surface area contributed by atoms with Crippen molar-refractivity contribution in [3.8, 4) is 0 Å². The standard InChI is InChI=1S/2C10H12N.2C2H6.2Y/c1-8(2)11-10-6-4-9(3)5-7-10;1-8(2)11-10-6-4-5-9(3)7-10;2*1-2;;/h2*4-7,11H,1-2H2,3H3;2*1-2H3;;/q2*-1;;;;. The van der Waals surface area contributed by atoms with Crippen molar-refractivity contribution in [3.05, 3.63) is 98.1 Å². The number of nitrogens with one attached hydrogen (secondary N) is 2. The average Bonchev–Trinajstić information content (AvgIpc) is 2.60. The zero-order valence-electron chi connectivity index (χ0n) is 18.6. The molecule has 0 heterocycles. The quantitative estimate of drug-likeness (QED) is 0.399. The van der Waals surface area contributed by atoms with Gasteiger partial charge < -0.3 is 10.6 Å². The molecule has 0 fully saturated rings. The van der Waals surface area contributed by atoms with Crippen molar-refractivity contribution < 1.29 is 65.4 Å². The molecule has 150 valence electrons. The molecule has 0 bridgehead atoms. The number of rotatable bonds is 4. The van der Waals surface area contributed by atoms with Crippen LogP contribution in [0.1, 0.15) is 38.8 Å². The molecular weight excluding hydrogens is 494 g/mol. The molecule has 2 rings (SSSR count). The SMILES string of the molecule is C=C([CH2-])Nc1ccc(C)cc1.C=C([CH2-])Nc1cccc(C)c1.CC.CC.[Y].[Y]. The van der Waals surface area contributed by atoms with Crippen molar-refractivity contribution in [1.29, 1.82) is 0 Å². The van der Waals surface area contributed by atoms with Gasteiger partial charge in [0.1, 0.15) is 0 Å². The summed E-state index contributed by atoms with van der Waals surface area (Å²) in [6, 6.07) is 16.2. The van der Waals surface area contributed by atoms with Crippen LogP contribution in [0, 0.1) is 27.7 Å². The Balaban J connectivity index is -0.000000165. The number of hydrogen-bond donors (Lipinski definition) is 2. The molecule has 4 heteroatoms. The second-order valence-electron chi connectivity index (χ2n) is 5.19. The number of hydrogen-bond acceptors (Lipinski definition) is 2. The predicted octanol–water partition coefficient (Wildman–Crippen LogP) is 7.56. The van der Waals surface area contributed by atoms with Gasteiger partial charge in [-0.2, -0.15) is 0 Å². The van der Waals surface area contributed by atoms with E-state index in [4.69, 9.17) is 0 Å². The Morgan fingerprint density at radius 3 is 1.50 bits per heavy atom. The summed E-state index contributed by atoms with van der Waals surface area (Å²) in [5, 5.41) is 6.07. The summed E-state index contributed by atoms with van der Waals surface area (Å²) >= 11 is 0. The van der Waals surface area contributed by atoms with E-state index >= 15 is 0 Å². The number of aryl methyl sites for hydroxylation is 2. The first kappa shape index (κ1) is 34.9. The van der Waals surface area contributed by atoms with Crippen LogP contribution in [-0.2, 0) is 65.4 Å². The van der Waals surface area contributed by atoms with E-state index in [2.05, 4.69) is 63.6 Å². The van der Waals surface area contributed by atoms with Crippen LogP contribution in [0.5, 0.6) is 0 Å². The van der Waals surface area contributed by atoms with Gasteiger partial charge in [0.05, 0.1) is 0 Å². The van der Waals surface area contributed by atoms with Crippen LogP contribution in [-0.4, -0.2) is 0 Å². The zero-order chi connectivity index (χ0) is 20.5. The van der Waals surface area contributed by atoms with Crippen molar-refractivity contribution in [3.63, 3.8) is 0 Å². The van der Waals surface area contributed by atoms with E-state index in [1.807, 2.05) is 64.1 Å². The molecule has 0 aliphatic rings. The fraction of sp³-hybridized carbons (Fsp3) is 0.250. The van der Waals surface area contributed by atoms with E-state index in [9.17, 15) is 0 Å². The van der Waals surface area contributed by atoms with Crippen molar-refractivity contribution in [2.24, 2.45) is 0 Å². The molecule has 2 N–H and O–H groups in total. The van der Waals surface area contributed by atoms with Gasteiger partial charge in [0, 0.05) is 76.8 Å². The molecule has 2 radical (unpaired) electrons. The molecule has 0 amide bonds. The summed E-state index contributed by atoms with van der Waals surface area (Å²) in [7, 11) is 0. The zero-order valence-corrected chi connectivity index (χ0v) is 24.3. The molecular formula is C24H36N2Y2-2. The van der Waals surface area contributed by atoms with Crippen molar-refractivity contribution in [1.82, 2.24) is 0 Å². The summed E-state index contributed by atoms with van der Waals surface area (Å²) < 4.78 is 0. The first-order valence-corrected chi connectivity index (χ1v) is 9.06. The molecule has 2 aromatic carbocycles. The minimum Gasteiger partial charge on any atom is -0.390 e. The van der Waals surface area contributed by atoms with Gasteiger partial charge in [-0.05, 0) is 43.7 Å². The third-order valence-corrected chi connectivity index (χ3v) is 2.71. The van der Waals surface area contributed by atoms with E-state index < -0.39 is 0 Å². The first-order valence-electron chi connectivity index (χ1n) is 9.06. The molecule has 0 atom stereocenters. The van der Waals surface area contributed by atoms with Crippen LogP contribution in [0.3, 0.4) is 0 Å². The fourth-order valence-corrected chi connectivity index (χ4v) is 1.77. The largest absolute Gasteiger partial charge is 0.390 e. The Labute approximate surface area is 224 Å². The van der Waals surface area contributed by atoms with Gasteiger partial charge in [0.2, 0.25) is 0 Å². The van der Waals surface area contributed by atoms with Crippen molar-refractivity contribution in [2.45, 2.75) is 41.5 Å². The first-order chi connectivity index (χ1) is 12.4. The minimum absolute atomic E-state index is 0. The number of anilines is 2. The summed E-state index contributed by atoms with van der Waals surface area (Å²) in [5.41, 5.74) is 6.01. The van der Waals surface area contributed by atoms with Crippen molar-refractivity contribution >= 4 is 11.4 Å². The number of benzene rings is 2. The minimum atomic E-state index is 0. The molecule has 0 saturated carbocycles. The van der Waals surface area contributed by atoms with Gasteiger partial charge in [0.15, 0.2) is 0 Å². The molecule has 0 saturated heterocycles. The topological polar surface area (TPSA) is 24.1 Å². The second kappa shape index (κ2) is 22.8. The van der Waals surface area contributed by atoms with Crippen LogP contribution < -0.4 is 10.6 Å². The summed E-state index contributed by atoms with van der Waals surface area (Å²) in [6.07, 6.45) is 0. The molecule has 0 aromatic heterocycles. The molecule has 28 heavy (non-hydrogen) atoms. The van der Waals surface area contributed by atoms with Gasteiger partial charge in [-0.3, -0.25) is 0 Å². The van der Waals surface area contributed by atoms with E-state index in [1.54, 1.807) is 0 Å². The second-order valence-corrected chi connectivity index (χ2v) is 5.19. The van der Waals surface area contributed by atoms with E-state index in [0.717, 1.165) is 17.1 Å². The van der Waals surface area contributed by atoms with Crippen LogP contribution in [0.4, 0.5) is 11.4 Å². The molecule has 2 nitrogen and oxygen atoms in total. The van der Waals surface area contributed by atoms with Crippen molar-refractivity contribution in [2.75, 3.05) is 10.6 Å². The van der Waals surface area contributed by atoms with Crippen LogP contribution in [0.15, 0.2) is 73.1 Å². The van der Waals surface area contributed by atoms with E-state index in [0.29, 0.717) is 5.70 Å². The van der Waals surface area contributed by atoms with Gasteiger partial charge in [-0.25, -0.2) is 27.0 Å². The Hall–Kier alpha value is -0.532. The molecule has 0 spiro atoms. The molecule has 0 unspecified atom stereocenters. The van der Waals surface area contributed by atoms with Crippen LogP contribution in [0.25, 0.3) is 0 Å². The third kappa shape index (κ3) is 20.2. The van der Waals surface area contributed by atoms with Gasteiger partial charge in [0.25, 0.3) is 0 Å².